The van der Waals surface area contributed by atoms with Crippen LogP contribution in [0.4, 0.5) is 0 Å². The van der Waals surface area contributed by atoms with Crippen LogP contribution in [0.3, 0.4) is 0 Å². The van der Waals surface area contributed by atoms with Crippen LogP contribution in [0.1, 0.15) is 91.4 Å². The molecule has 0 radical (unpaired) electrons. The lowest BCUT2D eigenvalue weighted by molar-refractivity contribution is -0.129. The second kappa shape index (κ2) is 18.5. The second-order valence-electron chi connectivity index (χ2n) is 7.13. The minimum atomic E-state index is -0.652. The van der Waals surface area contributed by atoms with Crippen LogP contribution < -0.4 is 16.0 Å². The van der Waals surface area contributed by atoms with Gasteiger partial charge in [-0.3, -0.25) is 14.4 Å². The lowest BCUT2D eigenvalue weighted by Crippen LogP contribution is -2.47. The van der Waals surface area contributed by atoms with Crippen molar-refractivity contribution in [3.8, 4) is 0 Å². The van der Waals surface area contributed by atoms with Crippen molar-refractivity contribution in [3.05, 3.63) is 12.2 Å². The predicted molar refractivity (Wildman–Crippen MR) is 115 cm³/mol. The molecule has 0 heterocycles. The first-order valence-electron chi connectivity index (χ1n) is 11.0. The largest absolute Gasteiger partial charge is 0.356 e. The molecule has 0 aromatic rings. The summed E-state index contributed by atoms with van der Waals surface area (Å²) in [5.74, 6) is -0.396. The molecule has 3 N–H and O–H groups in total. The Hall–Kier alpha value is -1.85. The zero-order valence-corrected chi connectivity index (χ0v) is 18.1. The van der Waals surface area contributed by atoms with Gasteiger partial charge in [0, 0.05) is 25.9 Å². The molecule has 0 aliphatic heterocycles. The second-order valence-corrected chi connectivity index (χ2v) is 7.13. The van der Waals surface area contributed by atoms with E-state index in [0.717, 1.165) is 51.4 Å². The topological polar surface area (TPSA) is 87.3 Å². The van der Waals surface area contributed by atoms with E-state index >= 15 is 0 Å². The molecule has 6 heteroatoms. The summed E-state index contributed by atoms with van der Waals surface area (Å²) in [5, 5.41) is 8.53. The van der Waals surface area contributed by atoms with Crippen molar-refractivity contribution in [1.29, 1.82) is 0 Å². The number of unbranched alkanes of at least 4 members (excludes halogenated alkanes) is 4. The van der Waals surface area contributed by atoms with Crippen molar-refractivity contribution in [3.63, 3.8) is 0 Å². The Morgan fingerprint density at radius 1 is 0.786 bits per heavy atom. The fourth-order valence-electron chi connectivity index (χ4n) is 2.65. The molecule has 0 bridgehead atoms. The Morgan fingerprint density at radius 3 is 2.11 bits per heavy atom. The Kier molecular flexibility index (Phi) is 17.3. The molecule has 0 unspecified atom stereocenters. The molecule has 1 atom stereocenters. The summed E-state index contributed by atoms with van der Waals surface area (Å²) < 4.78 is 0. The van der Waals surface area contributed by atoms with E-state index in [1.807, 2.05) is 0 Å². The fourth-order valence-corrected chi connectivity index (χ4v) is 2.65. The molecular weight excluding hydrogens is 354 g/mol. The molecule has 0 aromatic carbocycles. The van der Waals surface area contributed by atoms with E-state index in [0.29, 0.717) is 25.9 Å². The van der Waals surface area contributed by atoms with Gasteiger partial charge in [-0.25, -0.2) is 0 Å². The van der Waals surface area contributed by atoms with Gasteiger partial charge in [-0.1, -0.05) is 45.8 Å². The van der Waals surface area contributed by atoms with Crippen LogP contribution in [0.25, 0.3) is 0 Å². The Bertz CT molecular complexity index is 464. The number of hydrogen-bond acceptors (Lipinski definition) is 3. The van der Waals surface area contributed by atoms with Crippen LogP contribution in [0.2, 0.25) is 0 Å². The maximum atomic E-state index is 12.4. The first-order chi connectivity index (χ1) is 13.5. The van der Waals surface area contributed by atoms with E-state index in [-0.39, 0.29) is 24.1 Å². The van der Waals surface area contributed by atoms with Crippen molar-refractivity contribution in [1.82, 2.24) is 16.0 Å². The molecule has 0 aliphatic rings. The van der Waals surface area contributed by atoms with Gasteiger partial charge in [0.1, 0.15) is 6.04 Å². The molecule has 28 heavy (non-hydrogen) atoms. The van der Waals surface area contributed by atoms with Crippen LogP contribution in [0, 0.1) is 0 Å². The van der Waals surface area contributed by atoms with Crippen LogP contribution in [-0.4, -0.2) is 36.9 Å². The van der Waals surface area contributed by atoms with Crippen molar-refractivity contribution in [2.75, 3.05) is 13.1 Å². The fraction of sp³-hybridized carbons (Fsp3) is 0.773. The van der Waals surface area contributed by atoms with Crippen molar-refractivity contribution in [2.24, 2.45) is 0 Å². The van der Waals surface area contributed by atoms with Gasteiger partial charge in [-0.05, 0) is 44.9 Å². The summed E-state index contributed by atoms with van der Waals surface area (Å²) in [7, 11) is 0. The lowest BCUT2D eigenvalue weighted by Gasteiger charge is -2.18. The van der Waals surface area contributed by atoms with Gasteiger partial charge >= 0.3 is 0 Å². The van der Waals surface area contributed by atoms with Gasteiger partial charge in [0.2, 0.25) is 17.7 Å². The third-order valence-corrected chi connectivity index (χ3v) is 4.42. The molecule has 3 amide bonds. The molecule has 0 fully saturated rings. The molecule has 6 nitrogen and oxygen atoms in total. The summed E-state index contributed by atoms with van der Waals surface area (Å²) in [6.45, 7) is 7.47. The predicted octanol–water partition coefficient (Wildman–Crippen LogP) is 3.61. The lowest BCUT2D eigenvalue weighted by atomic mass is 10.1. The summed E-state index contributed by atoms with van der Waals surface area (Å²) in [5.41, 5.74) is 0. The molecule has 0 aromatic heterocycles. The average molecular weight is 396 g/mol. The highest BCUT2D eigenvalue weighted by molar-refractivity contribution is 5.88. The maximum Gasteiger partial charge on any atom is 0.242 e. The van der Waals surface area contributed by atoms with Gasteiger partial charge in [0.15, 0.2) is 0 Å². The van der Waals surface area contributed by atoms with Crippen LogP contribution in [-0.2, 0) is 14.4 Å². The van der Waals surface area contributed by atoms with E-state index in [4.69, 9.17) is 0 Å². The minimum absolute atomic E-state index is 0.0724. The Morgan fingerprint density at radius 2 is 1.46 bits per heavy atom. The minimum Gasteiger partial charge on any atom is -0.356 e. The van der Waals surface area contributed by atoms with Gasteiger partial charge < -0.3 is 16.0 Å². The number of hydrogen-bond donors (Lipinski definition) is 3. The van der Waals surface area contributed by atoms with E-state index in [9.17, 15) is 14.4 Å². The third-order valence-electron chi connectivity index (χ3n) is 4.42. The normalized spacial score (nSPS) is 12.0. The van der Waals surface area contributed by atoms with E-state index < -0.39 is 6.04 Å². The number of nitrogens with one attached hydrogen (secondary N) is 3. The van der Waals surface area contributed by atoms with Gasteiger partial charge in [0.25, 0.3) is 0 Å². The zero-order valence-electron chi connectivity index (χ0n) is 18.1. The van der Waals surface area contributed by atoms with Gasteiger partial charge in [-0.2, -0.15) is 0 Å². The summed E-state index contributed by atoms with van der Waals surface area (Å²) in [6, 6.07) is -0.652. The maximum absolute atomic E-state index is 12.4. The van der Waals surface area contributed by atoms with Crippen molar-refractivity contribution >= 4 is 17.7 Å². The number of carbonyl (C=O) groups is 3. The van der Waals surface area contributed by atoms with Crippen LogP contribution >= 0.6 is 0 Å². The monoisotopic (exact) mass is 395 g/mol. The highest BCUT2D eigenvalue weighted by atomic mass is 16.2. The zero-order chi connectivity index (χ0) is 21.0. The molecule has 162 valence electrons. The standard InChI is InChI=1S/C22H41N3O3/c1-4-7-10-11-12-13-14-21(27)25-19(22(28)24-18-9-6-3)15-16-20(26)23-17-8-5-2/h7,10,19H,4-6,8-9,11-18H2,1-3H3,(H,23,26)(H,24,28)(H,25,27)/b10-7+/t19-/m0/s1. The summed E-state index contributed by atoms with van der Waals surface area (Å²) in [4.78, 5) is 36.6. The van der Waals surface area contributed by atoms with Gasteiger partial charge in [-0.15, -0.1) is 0 Å². The van der Waals surface area contributed by atoms with E-state index in [2.05, 4.69) is 48.9 Å². The smallest absolute Gasteiger partial charge is 0.242 e. The molecule has 0 saturated carbocycles. The molecule has 0 aliphatic carbocycles. The highest BCUT2D eigenvalue weighted by Gasteiger charge is 2.21. The number of allylic oxidation sites excluding steroid dienone is 2. The molecule has 0 saturated heterocycles. The summed E-state index contributed by atoms with van der Waals surface area (Å²) >= 11 is 0. The van der Waals surface area contributed by atoms with Gasteiger partial charge in [0.05, 0.1) is 0 Å². The molecule has 0 rings (SSSR count). The summed E-state index contributed by atoms with van der Waals surface area (Å²) in [6.07, 6.45) is 12.8. The first kappa shape index (κ1) is 26.1. The van der Waals surface area contributed by atoms with E-state index in [1.54, 1.807) is 0 Å². The van der Waals surface area contributed by atoms with Crippen LogP contribution in [0.15, 0.2) is 12.2 Å². The number of carbonyl (C=O) groups excluding carboxylic acids is 3. The molecule has 0 spiro atoms. The van der Waals surface area contributed by atoms with Crippen molar-refractivity contribution in [2.45, 2.75) is 97.4 Å². The van der Waals surface area contributed by atoms with Crippen LogP contribution in [0.5, 0.6) is 0 Å². The highest BCUT2D eigenvalue weighted by Crippen LogP contribution is 2.04. The molecular formula is C22H41N3O3. The third kappa shape index (κ3) is 15.2. The average Bonchev–Trinajstić information content (AvgIpc) is 2.68. The SMILES string of the molecule is CC/C=C/CCCCC(=O)N[C@@H](CCC(=O)NCCCC)C(=O)NCCCC. The number of amides is 3. The first-order valence-corrected chi connectivity index (χ1v) is 11.0. The van der Waals surface area contributed by atoms with E-state index in [1.165, 1.54) is 0 Å². The van der Waals surface area contributed by atoms with Crippen molar-refractivity contribution < 1.29 is 14.4 Å². The Labute approximate surface area is 171 Å². The number of rotatable bonds is 17. The quantitative estimate of drug-likeness (QED) is 0.260. The Balaban J connectivity index is 4.41.